The van der Waals surface area contributed by atoms with E-state index >= 15 is 0 Å². The number of nitrogens with zero attached hydrogens (tertiary/aromatic N) is 1. The van der Waals surface area contributed by atoms with Gasteiger partial charge in [-0.2, -0.15) is 0 Å². The van der Waals surface area contributed by atoms with Gasteiger partial charge < -0.3 is 16.0 Å². The summed E-state index contributed by atoms with van der Waals surface area (Å²) in [5.41, 5.74) is 5.12. The highest BCUT2D eigenvalue weighted by Crippen LogP contribution is 2.03. The van der Waals surface area contributed by atoms with E-state index in [0.717, 1.165) is 13.0 Å². The molecule has 0 atom stereocenters. The second kappa shape index (κ2) is 8.06. The summed E-state index contributed by atoms with van der Waals surface area (Å²) in [5.74, 6) is -0.475. The number of primary amides is 1. The Labute approximate surface area is 104 Å². The molecule has 0 rings (SSSR count). The Morgan fingerprint density at radius 3 is 2.24 bits per heavy atom. The molecule has 0 radical (unpaired) electrons. The maximum atomic E-state index is 11.9. The summed E-state index contributed by atoms with van der Waals surface area (Å²) in [6, 6.07) is 0.435. The summed E-state index contributed by atoms with van der Waals surface area (Å²) in [4.78, 5) is 24.2. The standard InChI is InChI=1S/C12H25N3O2/c1-9(2)14-7-5-6-12(17)15(10(3)4)8-11(13)16/h9-10,14H,5-8H2,1-4H3,(H2,13,16). The van der Waals surface area contributed by atoms with Crippen molar-refractivity contribution in [3.63, 3.8) is 0 Å². The molecule has 0 aromatic rings. The third-order valence-electron chi connectivity index (χ3n) is 2.39. The summed E-state index contributed by atoms with van der Waals surface area (Å²) in [6.07, 6.45) is 1.23. The van der Waals surface area contributed by atoms with Crippen molar-refractivity contribution >= 4 is 11.8 Å². The van der Waals surface area contributed by atoms with Crippen LogP contribution in [0.5, 0.6) is 0 Å². The average molecular weight is 243 g/mol. The van der Waals surface area contributed by atoms with Crippen LogP contribution in [0.15, 0.2) is 0 Å². The normalized spacial score (nSPS) is 10.9. The first-order chi connectivity index (χ1) is 7.84. The van der Waals surface area contributed by atoms with Crippen molar-refractivity contribution in [2.45, 2.75) is 52.6 Å². The zero-order chi connectivity index (χ0) is 13.4. The molecule has 0 heterocycles. The minimum Gasteiger partial charge on any atom is -0.368 e. The summed E-state index contributed by atoms with van der Waals surface area (Å²) in [6.45, 7) is 8.71. The topological polar surface area (TPSA) is 75.4 Å². The molecule has 0 aromatic carbocycles. The maximum absolute atomic E-state index is 11.9. The Kier molecular flexibility index (Phi) is 7.54. The molecule has 5 nitrogen and oxygen atoms in total. The number of carbonyl (C=O) groups is 2. The number of nitrogens with two attached hydrogens (primary N) is 1. The summed E-state index contributed by atoms with van der Waals surface area (Å²) >= 11 is 0. The number of rotatable bonds is 8. The number of hydrogen-bond acceptors (Lipinski definition) is 3. The fourth-order valence-electron chi connectivity index (χ4n) is 1.50. The molecule has 2 amide bonds. The van der Waals surface area contributed by atoms with Crippen LogP contribution in [0.4, 0.5) is 0 Å². The Balaban J connectivity index is 4.02. The monoisotopic (exact) mass is 243 g/mol. The molecule has 100 valence electrons. The van der Waals surface area contributed by atoms with Gasteiger partial charge in [0.15, 0.2) is 0 Å². The van der Waals surface area contributed by atoms with Crippen molar-refractivity contribution in [3.8, 4) is 0 Å². The lowest BCUT2D eigenvalue weighted by atomic mass is 10.2. The number of carbonyl (C=O) groups excluding carboxylic acids is 2. The third-order valence-corrected chi connectivity index (χ3v) is 2.39. The van der Waals surface area contributed by atoms with E-state index < -0.39 is 5.91 Å². The zero-order valence-corrected chi connectivity index (χ0v) is 11.3. The summed E-state index contributed by atoms with van der Waals surface area (Å²) in [7, 11) is 0. The summed E-state index contributed by atoms with van der Waals surface area (Å²) < 4.78 is 0. The lowest BCUT2D eigenvalue weighted by Crippen LogP contribution is -2.42. The average Bonchev–Trinajstić information content (AvgIpc) is 2.19. The van der Waals surface area contributed by atoms with Crippen molar-refractivity contribution in [2.75, 3.05) is 13.1 Å². The lowest BCUT2D eigenvalue weighted by Gasteiger charge is -2.25. The fourth-order valence-corrected chi connectivity index (χ4v) is 1.50. The SMILES string of the molecule is CC(C)NCCCC(=O)N(CC(N)=O)C(C)C. The van der Waals surface area contributed by atoms with E-state index in [1.807, 2.05) is 13.8 Å². The molecule has 3 N–H and O–H groups in total. The number of hydrogen-bond donors (Lipinski definition) is 2. The Morgan fingerprint density at radius 2 is 1.82 bits per heavy atom. The minimum atomic E-state index is -0.465. The largest absolute Gasteiger partial charge is 0.368 e. The van der Waals surface area contributed by atoms with E-state index in [2.05, 4.69) is 19.2 Å². The molecule has 0 aliphatic rings. The highest BCUT2D eigenvalue weighted by molar-refractivity contribution is 5.84. The first kappa shape index (κ1) is 15.9. The van der Waals surface area contributed by atoms with E-state index in [0.29, 0.717) is 12.5 Å². The van der Waals surface area contributed by atoms with Crippen molar-refractivity contribution in [3.05, 3.63) is 0 Å². The molecule has 0 aliphatic carbocycles. The van der Waals surface area contributed by atoms with Crippen LogP contribution in [-0.4, -0.2) is 41.9 Å². The van der Waals surface area contributed by atoms with Crippen LogP contribution in [0.1, 0.15) is 40.5 Å². The van der Waals surface area contributed by atoms with E-state index in [1.54, 1.807) is 0 Å². The minimum absolute atomic E-state index is 0.00746. The quantitative estimate of drug-likeness (QED) is 0.609. The molecule has 0 spiro atoms. The third kappa shape index (κ3) is 7.74. The molecule has 0 unspecified atom stereocenters. The van der Waals surface area contributed by atoms with Crippen LogP contribution in [0.3, 0.4) is 0 Å². The van der Waals surface area contributed by atoms with Gasteiger partial charge in [0.2, 0.25) is 11.8 Å². The maximum Gasteiger partial charge on any atom is 0.237 e. The van der Waals surface area contributed by atoms with Crippen LogP contribution >= 0.6 is 0 Å². The van der Waals surface area contributed by atoms with E-state index in [4.69, 9.17) is 5.73 Å². The van der Waals surface area contributed by atoms with Gasteiger partial charge in [-0.15, -0.1) is 0 Å². The second-order valence-corrected chi connectivity index (χ2v) is 4.79. The van der Waals surface area contributed by atoms with Crippen molar-refractivity contribution < 1.29 is 9.59 Å². The first-order valence-electron chi connectivity index (χ1n) is 6.15. The van der Waals surface area contributed by atoms with E-state index in [9.17, 15) is 9.59 Å². The van der Waals surface area contributed by atoms with Gasteiger partial charge >= 0.3 is 0 Å². The van der Waals surface area contributed by atoms with Gasteiger partial charge in [-0.3, -0.25) is 9.59 Å². The van der Waals surface area contributed by atoms with Gasteiger partial charge in [0, 0.05) is 18.5 Å². The molecular weight excluding hydrogens is 218 g/mol. The molecule has 0 saturated carbocycles. The van der Waals surface area contributed by atoms with Crippen LogP contribution in [0, 0.1) is 0 Å². The molecule has 0 fully saturated rings. The second-order valence-electron chi connectivity index (χ2n) is 4.79. The van der Waals surface area contributed by atoms with Crippen molar-refractivity contribution in [1.82, 2.24) is 10.2 Å². The van der Waals surface area contributed by atoms with Crippen molar-refractivity contribution in [1.29, 1.82) is 0 Å². The van der Waals surface area contributed by atoms with Gasteiger partial charge in [0.25, 0.3) is 0 Å². The van der Waals surface area contributed by atoms with Crippen LogP contribution in [0.2, 0.25) is 0 Å². The molecule has 17 heavy (non-hydrogen) atoms. The van der Waals surface area contributed by atoms with Crippen molar-refractivity contribution in [2.24, 2.45) is 5.73 Å². The molecule has 0 bridgehead atoms. The Hall–Kier alpha value is -1.10. The van der Waals surface area contributed by atoms with E-state index in [1.165, 1.54) is 4.90 Å². The smallest absolute Gasteiger partial charge is 0.237 e. The van der Waals surface area contributed by atoms with E-state index in [-0.39, 0.29) is 18.5 Å². The van der Waals surface area contributed by atoms with Gasteiger partial charge in [-0.05, 0) is 26.8 Å². The van der Waals surface area contributed by atoms with Gasteiger partial charge in [-0.1, -0.05) is 13.8 Å². The fraction of sp³-hybridized carbons (Fsp3) is 0.833. The van der Waals surface area contributed by atoms with Crippen LogP contribution in [0.25, 0.3) is 0 Å². The lowest BCUT2D eigenvalue weighted by molar-refractivity contribution is -0.136. The van der Waals surface area contributed by atoms with Gasteiger partial charge in [0.1, 0.15) is 0 Å². The van der Waals surface area contributed by atoms with Gasteiger partial charge in [-0.25, -0.2) is 0 Å². The Morgan fingerprint density at radius 1 is 1.24 bits per heavy atom. The predicted molar refractivity (Wildman–Crippen MR) is 68.4 cm³/mol. The molecular formula is C12H25N3O2. The highest BCUT2D eigenvalue weighted by atomic mass is 16.2. The molecule has 0 aromatic heterocycles. The van der Waals surface area contributed by atoms with Gasteiger partial charge in [0.05, 0.1) is 6.54 Å². The summed E-state index contributed by atoms with van der Waals surface area (Å²) in [5, 5.41) is 3.25. The molecule has 0 saturated heterocycles. The first-order valence-corrected chi connectivity index (χ1v) is 6.15. The zero-order valence-electron chi connectivity index (χ0n) is 11.3. The Bertz CT molecular complexity index is 252. The molecule has 5 heteroatoms. The van der Waals surface area contributed by atoms with Crippen LogP contribution in [-0.2, 0) is 9.59 Å². The predicted octanol–water partition coefficient (Wildman–Crippen LogP) is 0.487. The molecule has 0 aliphatic heterocycles. The number of amides is 2. The highest BCUT2D eigenvalue weighted by Gasteiger charge is 2.18. The number of nitrogens with one attached hydrogen (secondary N) is 1. The van der Waals surface area contributed by atoms with Crippen LogP contribution < -0.4 is 11.1 Å².